The van der Waals surface area contributed by atoms with Crippen LogP contribution in [0.25, 0.3) is 0 Å². The minimum absolute atomic E-state index is 0.130. The van der Waals surface area contributed by atoms with Crippen molar-refractivity contribution in [2.75, 3.05) is 0 Å². The summed E-state index contributed by atoms with van der Waals surface area (Å²) in [5.41, 5.74) is 2.14. The van der Waals surface area contributed by atoms with Gasteiger partial charge in [-0.1, -0.05) is 29.8 Å². The van der Waals surface area contributed by atoms with Crippen molar-refractivity contribution in [3.05, 3.63) is 55.7 Å². The molecule has 0 unspecified atom stereocenters. The summed E-state index contributed by atoms with van der Waals surface area (Å²) in [4.78, 5) is 23.4. The fraction of sp³-hybridized carbons (Fsp3) is 0.143. The zero-order chi connectivity index (χ0) is 14.7. The van der Waals surface area contributed by atoms with Gasteiger partial charge in [0.2, 0.25) is 0 Å². The average Bonchev–Trinajstić information content (AvgIpc) is 2.78. The first-order chi connectivity index (χ1) is 9.47. The molecule has 104 valence electrons. The number of nitrogens with one attached hydrogen (secondary N) is 1. The number of thiophene rings is 1. The van der Waals surface area contributed by atoms with E-state index in [0.717, 1.165) is 22.5 Å². The molecule has 0 aliphatic rings. The van der Waals surface area contributed by atoms with Crippen LogP contribution >= 0.6 is 27.3 Å². The van der Waals surface area contributed by atoms with Gasteiger partial charge in [0.15, 0.2) is 0 Å². The van der Waals surface area contributed by atoms with E-state index in [1.807, 2.05) is 31.2 Å². The van der Waals surface area contributed by atoms with Gasteiger partial charge < -0.3 is 10.4 Å². The Balaban J connectivity index is 2.05. The Morgan fingerprint density at radius 1 is 1.35 bits per heavy atom. The summed E-state index contributed by atoms with van der Waals surface area (Å²) in [6, 6.07) is 9.37. The van der Waals surface area contributed by atoms with Crippen molar-refractivity contribution in [3.8, 4) is 0 Å². The van der Waals surface area contributed by atoms with E-state index in [0.29, 0.717) is 15.9 Å². The minimum Gasteiger partial charge on any atom is -0.477 e. The first-order valence-electron chi connectivity index (χ1n) is 5.83. The number of halogens is 1. The summed E-state index contributed by atoms with van der Waals surface area (Å²) in [7, 11) is 0. The number of aromatic carboxylic acids is 1. The average molecular weight is 354 g/mol. The Kier molecular flexibility index (Phi) is 4.57. The third-order valence-electron chi connectivity index (χ3n) is 2.64. The van der Waals surface area contributed by atoms with E-state index >= 15 is 0 Å². The lowest BCUT2D eigenvalue weighted by atomic mass is 10.1. The lowest BCUT2D eigenvalue weighted by molar-refractivity contribution is 0.0701. The molecule has 6 heteroatoms. The van der Waals surface area contributed by atoms with Gasteiger partial charge in [-0.15, -0.1) is 11.3 Å². The maximum Gasteiger partial charge on any atom is 0.347 e. The molecule has 4 nitrogen and oxygen atoms in total. The highest BCUT2D eigenvalue weighted by atomic mass is 79.9. The lowest BCUT2D eigenvalue weighted by Crippen LogP contribution is -2.21. The molecule has 0 atom stereocenters. The summed E-state index contributed by atoms with van der Waals surface area (Å²) < 4.78 is 0.427. The van der Waals surface area contributed by atoms with Crippen LogP contribution in [0.3, 0.4) is 0 Å². The van der Waals surface area contributed by atoms with Gasteiger partial charge in [-0.05, 0) is 34.5 Å². The van der Waals surface area contributed by atoms with Crippen molar-refractivity contribution in [2.45, 2.75) is 13.5 Å². The maximum absolute atomic E-state index is 12.0. The fourth-order valence-electron chi connectivity index (χ4n) is 1.72. The standard InChI is InChI=1S/C14H12BrNO3S/c1-8-3-2-4-9(5-8)7-16-13(17)11-6-10(15)12(20-11)14(18)19/h2-6H,7H2,1H3,(H,16,17)(H,18,19). The molecule has 2 rings (SSSR count). The molecule has 0 saturated heterocycles. The van der Waals surface area contributed by atoms with Crippen LogP contribution in [0.15, 0.2) is 34.8 Å². The number of carbonyl (C=O) groups excluding carboxylic acids is 1. The highest BCUT2D eigenvalue weighted by Gasteiger charge is 2.17. The molecule has 1 amide bonds. The molecule has 2 aromatic rings. The van der Waals surface area contributed by atoms with Crippen LogP contribution in [0.4, 0.5) is 0 Å². The predicted molar refractivity (Wildman–Crippen MR) is 81.3 cm³/mol. The summed E-state index contributed by atoms with van der Waals surface area (Å²) >= 11 is 4.10. The van der Waals surface area contributed by atoms with E-state index in [4.69, 9.17) is 5.11 Å². The molecule has 2 N–H and O–H groups in total. The zero-order valence-corrected chi connectivity index (χ0v) is 13.0. The van der Waals surface area contributed by atoms with Crippen LogP contribution in [0.1, 0.15) is 30.5 Å². The number of benzene rings is 1. The topological polar surface area (TPSA) is 66.4 Å². The molecule has 1 aromatic carbocycles. The van der Waals surface area contributed by atoms with Crippen molar-refractivity contribution in [2.24, 2.45) is 0 Å². The number of hydrogen-bond donors (Lipinski definition) is 2. The number of carbonyl (C=O) groups is 2. The van der Waals surface area contributed by atoms with Crippen molar-refractivity contribution in [1.29, 1.82) is 0 Å². The highest BCUT2D eigenvalue weighted by molar-refractivity contribution is 9.10. The Hall–Kier alpha value is -1.66. The molecular weight excluding hydrogens is 342 g/mol. The third-order valence-corrected chi connectivity index (χ3v) is 4.65. The van der Waals surface area contributed by atoms with Crippen LogP contribution in [0.5, 0.6) is 0 Å². The monoisotopic (exact) mass is 353 g/mol. The third kappa shape index (κ3) is 3.46. The summed E-state index contributed by atoms with van der Waals surface area (Å²) in [6.07, 6.45) is 0. The van der Waals surface area contributed by atoms with Gasteiger partial charge in [-0.2, -0.15) is 0 Å². The van der Waals surface area contributed by atoms with E-state index in [1.54, 1.807) is 0 Å². The molecule has 1 aromatic heterocycles. The molecule has 0 aliphatic heterocycles. The number of carboxylic acids is 1. The first kappa shape index (κ1) is 14.7. The fourth-order valence-corrected chi connectivity index (χ4v) is 3.32. The van der Waals surface area contributed by atoms with Gasteiger partial charge in [-0.3, -0.25) is 4.79 Å². The van der Waals surface area contributed by atoms with Crippen LogP contribution in [-0.2, 0) is 6.54 Å². The Morgan fingerprint density at radius 3 is 2.70 bits per heavy atom. The second-order valence-electron chi connectivity index (χ2n) is 4.26. The van der Waals surface area contributed by atoms with Crippen molar-refractivity contribution in [3.63, 3.8) is 0 Å². The predicted octanol–water partition coefficient (Wildman–Crippen LogP) is 3.45. The molecule has 0 bridgehead atoms. The van der Waals surface area contributed by atoms with Gasteiger partial charge >= 0.3 is 5.97 Å². The van der Waals surface area contributed by atoms with Gasteiger partial charge in [-0.25, -0.2) is 4.79 Å². The quantitative estimate of drug-likeness (QED) is 0.884. The van der Waals surface area contributed by atoms with E-state index in [9.17, 15) is 9.59 Å². The summed E-state index contributed by atoms with van der Waals surface area (Å²) in [6.45, 7) is 2.40. The second kappa shape index (κ2) is 6.19. The van der Waals surface area contributed by atoms with Crippen molar-refractivity contribution < 1.29 is 14.7 Å². The van der Waals surface area contributed by atoms with Crippen LogP contribution in [-0.4, -0.2) is 17.0 Å². The number of carboxylic acid groups (broad SMARTS) is 1. The van der Waals surface area contributed by atoms with Gasteiger partial charge in [0.05, 0.1) is 4.88 Å². The second-order valence-corrected chi connectivity index (χ2v) is 6.17. The highest BCUT2D eigenvalue weighted by Crippen LogP contribution is 2.27. The number of hydrogen-bond acceptors (Lipinski definition) is 3. The first-order valence-corrected chi connectivity index (χ1v) is 7.44. The number of aryl methyl sites for hydroxylation is 1. The lowest BCUT2D eigenvalue weighted by Gasteiger charge is -2.04. The maximum atomic E-state index is 12.0. The number of amides is 1. The van der Waals surface area contributed by atoms with Gasteiger partial charge in [0.1, 0.15) is 4.88 Å². The molecule has 0 aliphatic carbocycles. The van der Waals surface area contributed by atoms with Crippen LogP contribution in [0, 0.1) is 6.92 Å². The summed E-state index contributed by atoms with van der Waals surface area (Å²) in [5, 5.41) is 11.7. The minimum atomic E-state index is -1.04. The molecule has 20 heavy (non-hydrogen) atoms. The Bertz CT molecular complexity index is 666. The van der Waals surface area contributed by atoms with E-state index < -0.39 is 5.97 Å². The molecule has 0 radical (unpaired) electrons. The summed E-state index contributed by atoms with van der Waals surface area (Å²) in [5.74, 6) is -1.32. The molecule has 1 heterocycles. The Labute approximate surface area is 128 Å². The van der Waals surface area contributed by atoms with Gasteiger partial charge in [0.25, 0.3) is 5.91 Å². The van der Waals surface area contributed by atoms with Crippen molar-refractivity contribution in [1.82, 2.24) is 5.32 Å². The van der Waals surface area contributed by atoms with Crippen LogP contribution in [0.2, 0.25) is 0 Å². The number of rotatable bonds is 4. The van der Waals surface area contributed by atoms with E-state index in [2.05, 4.69) is 21.2 Å². The molecule has 0 spiro atoms. The zero-order valence-electron chi connectivity index (χ0n) is 10.6. The molecular formula is C14H12BrNO3S. The molecule has 0 saturated carbocycles. The van der Waals surface area contributed by atoms with Crippen LogP contribution < -0.4 is 5.32 Å². The molecule has 0 fully saturated rings. The van der Waals surface area contributed by atoms with Crippen molar-refractivity contribution >= 4 is 39.1 Å². The SMILES string of the molecule is Cc1cccc(CNC(=O)c2cc(Br)c(C(=O)O)s2)c1. The smallest absolute Gasteiger partial charge is 0.347 e. The van der Waals surface area contributed by atoms with E-state index in [-0.39, 0.29) is 10.8 Å². The Morgan fingerprint density at radius 2 is 2.10 bits per heavy atom. The largest absolute Gasteiger partial charge is 0.477 e. The van der Waals surface area contributed by atoms with Gasteiger partial charge in [0, 0.05) is 11.0 Å². The normalized spacial score (nSPS) is 10.3. The van der Waals surface area contributed by atoms with E-state index in [1.165, 1.54) is 6.07 Å².